The predicted octanol–water partition coefficient (Wildman–Crippen LogP) is 2.88. The average molecular weight is 261 g/mol. The summed E-state index contributed by atoms with van der Waals surface area (Å²) in [6, 6.07) is 0. The number of hydrogen-bond donors (Lipinski definition) is 0. The van der Waals surface area contributed by atoms with E-state index < -0.39 is 0 Å². The van der Waals surface area contributed by atoms with Crippen LogP contribution in [0.1, 0.15) is 46.5 Å². The van der Waals surface area contributed by atoms with Gasteiger partial charge in [-0.05, 0) is 50.1 Å². The van der Waals surface area contributed by atoms with Gasteiger partial charge in [-0.3, -0.25) is 4.90 Å². The molecular formula is C16H28BNO. The Bertz CT molecular complexity index is 362. The van der Waals surface area contributed by atoms with Gasteiger partial charge in [-0.2, -0.15) is 0 Å². The Hall–Kier alpha value is -0.0151. The normalized spacial score (nSPS) is 45.3. The fourth-order valence-electron chi connectivity index (χ4n) is 4.68. The van der Waals surface area contributed by atoms with Crippen molar-refractivity contribution in [2.24, 2.45) is 17.3 Å². The van der Waals surface area contributed by atoms with Crippen LogP contribution in [-0.4, -0.2) is 45.1 Å². The molecule has 3 fully saturated rings. The maximum absolute atomic E-state index is 6.65. The number of rotatable bonds is 0. The number of piperidine rings is 1. The molecular weight excluding hydrogens is 233 g/mol. The molecule has 3 aliphatic rings. The van der Waals surface area contributed by atoms with Gasteiger partial charge in [0, 0.05) is 0 Å². The first-order valence-electron chi connectivity index (χ1n) is 7.86. The Morgan fingerprint density at radius 1 is 1.16 bits per heavy atom. The molecule has 0 aromatic heterocycles. The van der Waals surface area contributed by atoms with Crippen molar-refractivity contribution in [1.29, 1.82) is 0 Å². The third-order valence-corrected chi connectivity index (χ3v) is 6.85. The van der Waals surface area contributed by atoms with Crippen molar-refractivity contribution in [2.75, 3.05) is 26.8 Å². The van der Waals surface area contributed by atoms with Gasteiger partial charge in [0.15, 0.2) is 0 Å². The topological polar surface area (TPSA) is 12.5 Å². The molecule has 0 aromatic carbocycles. The van der Waals surface area contributed by atoms with E-state index in [1.54, 1.807) is 0 Å². The largest absolute Gasteiger partial charge is 0.377 e. The highest BCUT2D eigenvalue weighted by atomic mass is 16.5. The molecule has 0 N–H and O–H groups in total. The number of likely N-dealkylation sites (tertiary alicyclic amines) is 1. The predicted molar refractivity (Wildman–Crippen MR) is 79.5 cm³/mol. The summed E-state index contributed by atoms with van der Waals surface area (Å²) >= 11 is 0. The molecule has 3 heteroatoms. The first-order valence-corrected chi connectivity index (χ1v) is 7.86. The SMILES string of the molecule is [B]C1(C)CCC2C(CCN(C)C23COC3)CC1(C)C. The van der Waals surface area contributed by atoms with Crippen molar-refractivity contribution in [1.82, 2.24) is 4.90 Å². The van der Waals surface area contributed by atoms with Crippen LogP contribution in [0, 0.1) is 17.3 Å². The Kier molecular flexibility index (Phi) is 3.11. The zero-order valence-electron chi connectivity index (χ0n) is 13.0. The number of nitrogens with zero attached hydrogens (tertiary/aromatic N) is 1. The van der Waals surface area contributed by atoms with E-state index in [4.69, 9.17) is 12.6 Å². The van der Waals surface area contributed by atoms with E-state index in [9.17, 15) is 0 Å². The summed E-state index contributed by atoms with van der Waals surface area (Å²) in [5, 5.41) is -0.0330. The molecule has 106 valence electrons. The van der Waals surface area contributed by atoms with Crippen LogP contribution in [0.25, 0.3) is 0 Å². The first-order chi connectivity index (χ1) is 8.79. The lowest BCUT2D eigenvalue weighted by Crippen LogP contribution is -2.69. The summed E-state index contributed by atoms with van der Waals surface area (Å²) in [5.74, 6) is 1.62. The van der Waals surface area contributed by atoms with E-state index in [-0.39, 0.29) is 10.7 Å². The lowest BCUT2D eigenvalue weighted by atomic mass is 9.52. The van der Waals surface area contributed by atoms with Crippen LogP contribution in [0.15, 0.2) is 0 Å². The maximum Gasteiger partial charge on any atom is 0.0749 e. The molecule has 0 bridgehead atoms. The van der Waals surface area contributed by atoms with Crippen molar-refractivity contribution in [3.63, 3.8) is 0 Å². The van der Waals surface area contributed by atoms with Gasteiger partial charge in [0.05, 0.1) is 26.6 Å². The molecule has 2 radical (unpaired) electrons. The van der Waals surface area contributed by atoms with Crippen molar-refractivity contribution >= 4 is 7.85 Å². The van der Waals surface area contributed by atoms with Gasteiger partial charge in [-0.25, -0.2) is 0 Å². The molecule has 2 heterocycles. The van der Waals surface area contributed by atoms with E-state index in [2.05, 4.69) is 32.7 Å². The molecule has 3 atom stereocenters. The van der Waals surface area contributed by atoms with E-state index >= 15 is 0 Å². The van der Waals surface area contributed by atoms with Crippen molar-refractivity contribution in [3.8, 4) is 0 Å². The number of likely N-dealkylation sites (N-methyl/N-ethyl adjacent to an activating group) is 1. The fourth-order valence-corrected chi connectivity index (χ4v) is 4.68. The molecule has 2 nitrogen and oxygen atoms in total. The van der Waals surface area contributed by atoms with Gasteiger partial charge in [0.1, 0.15) is 0 Å². The van der Waals surface area contributed by atoms with Crippen LogP contribution < -0.4 is 0 Å². The second-order valence-corrected chi connectivity index (χ2v) is 8.22. The Morgan fingerprint density at radius 2 is 1.84 bits per heavy atom. The highest BCUT2D eigenvalue weighted by Crippen LogP contribution is 2.58. The Labute approximate surface area is 119 Å². The first kappa shape index (κ1) is 13.9. The minimum Gasteiger partial charge on any atom is -0.377 e. The van der Waals surface area contributed by atoms with E-state index in [0.29, 0.717) is 5.54 Å². The van der Waals surface area contributed by atoms with Crippen LogP contribution in [-0.2, 0) is 4.74 Å². The highest BCUT2D eigenvalue weighted by molar-refractivity contribution is 6.15. The summed E-state index contributed by atoms with van der Waals surface area (Å²) in [5.41, 5.74) is 0.577. The van der Waals surface area contributed by atoms with Crippen molar-refractivity contribution in [2.45, 2.75) is 57.3 Å². The molecule has 3 rings (SSSR count). The van der Waals surface area contributed by atoms with Crippen LogP contribution in [0.3, 0.4) is 0 Å². The van der Waals surface area contributed by atoms with Crippen LogP contribution in [0.2, 0.25) is 5.31 Å². The number of ether oxygens (including phenoxy) is 1. The monoisotopic (exact) mass is 261 g/mol. The van der Waals surface area contributed by atoms with Gasteiger partial charge in [0.2, 0.25) is 0 Å². The van der Waals surface area contributed by atoms with Gasteiger partial charge in [0.25, 0.3) is 0 Å². The molecule has 1 saturated carbocycles. The molecule has 19 heavy (non-hydrogen) atoms. The Morgan fingerprint density at radius 3 is 2.42 bits per heavy atom. The molecule has 1 spiro atoms. The zero-order valence-corrected chi connectivity index (χ0v) is 13.0. The molecule has 1 aliphatic carbocycles. The number of hydrogen-bond acceptors (Lipinski definition) is 2. The quantitative estimate of drug-likeness (QED) is 0.622. The molecule has 2 aliphatic heterocycles. The smallest absolute Gasteiger partial charge is 0.0749 e. The average Bonchev–Trinajstić information content (AvgIpc) is 2.34. The maximum atomic E-state index is 6.65. The minimum absolute atomic E-state index is 0.0330. The lowest BCUT2D eigenvalue weighted by molar-refractivity contribution is -0.191. The van der Waals surface area contributed by atoms with Crippen molar-refractivity contribution in [3.05, 3.63) is 0 Å². The van der Waals surface area contributed by atoms with Crippen molar-refractivity contribution < 1.29 is 4.74 Å². The van der Waals surface area contributed by atoms with Gasteiger partial charge in [-0.15, -0.1) is 0 Å². The second-order valence-electron chi connectivity index (χ2n) is 8.22. The molecule has 2 saturated heterocycles. The minimum atomic E-state index is -0.0330. The lowest BCUT2D eigenvalue weighted by Gasteiger charge is -2.58. The Balaban J connectivity index is 1.90. The third kappa shape index (κ3) is 1.92. The third-order valence-electron chi connectivity index (χ3n) is 6.85. The van der Waals surface area contributed by atoms with E-state index in [1.165, 1.54) is 25.8 Å². The summed E-state index contributed by atoms with van der Waals surface area (Å²) in [7, 11) is 8.94. The van der Waals surface area contributed by atoms with E-state index in [1.807, 2.05) is 0 Å². The summed E-state index contributed by atoms with van der Waals surface area (Å²) < 4.78 is 5.61. The van der Waals surface area contributed by atoms with Gasteiger partial charge in [-0.1, -0.05) is 32.5 Å². The summed E-state index contributed by atoms with van der Waals surface area (Å²) in [4.78, 5) is 2.57. The van der Waals surface area contributed by atoms with Crippen LogP contribution in [0.4, 0.5) is 0 Å². The molecule has 0 aromatic rings. The molecule has 0 amide bonds. The highest BCUT2D eigenvalue weighted by Gasteiger charge is 2.56. The van der Waals surface area contributed by atoms with Crippen LogP contribution in [0.5, 0.6) is 0 Å². The summed E-state index contributed by atoms with van der Waals surface area (Å²) in [6.45, 7) is 10.1. The molecule has 3 unspecified atom stereocenters. The van der Waals surface area contributed by atoms with Crippen LogP contribution >= 0.6 is 0 Å². The van der Waals surface area contributed by atoms with Gasteiger partial charge >= 0.3 is 0 Å². The second kappa shape index (κ2) is 4.24. The fraction of sp³-hybridized carbons (Fsp3) is 1.00. The standard InChI is InChI=1S/C16H28BNO/c1-14(2)9-12-6-8-18(4)16(10-19-11-16)13(12)5-7-15(14,3)17/h12-13H,5-11H2,1-4H3. The summed E-state index contributed by atoms with van der Waals surface area (Å²) in [6.07, 6.45) is 5.04. The van der Waals surface area contributed by atoms with E-state index in [0.717, 1.165) is 31.5 Å². The zero-order chi connectivity index (χ0) is 13.9. The van der Waals surface area contributed by atoms with Gasteiger partial charge < -0.3 is 4.74 Å². The number of fused-ring (bicyclic) bond motifs is 2.